The third-order valence-electron chi connectivity index (χ3n) is 4.19. The fraction of sp³-hybridized carbons (Fsp3) is 0.467. The lowest BCUT2D eigenvalue weighted by molar-refractivity contribution is -0.141. The molecule has 6 nitrogen and oxygen atoms in total. The van der Waals surface area contributed by atoms with Gasteiger partial charge in [-0.2, -0.15) is 0 Å². The van der Waals surface area contributed by atoms with Gasteiger partial charge in [0.1, 0.15) is 29.0 Å². The van der Waals surface area contributed by atoms with E-state index in [4.69, 9.17) is 21.1 Å². The van der Waals surface area contributed by atoms with Gasteiger partial charge in [0.05, 0.1) is 18.0 Å². The van der Waals surface area contributed by atoms with Crippen molar-refractivity contribution in [3.8, 4) is 0 Å². The van der Waals surface area contributed by atoms with Gasteiger partial charge in [-0.3, -0.25) is 0 Å². The highest BCUT2D eigenvalue weighted by molar-refractivity contribution is 6.33. The Morgan fingerprint density at radius 2 is 2.27 bits per heavy atom. The smallest absolute Gasteiger partial charge is 0.205 e. The minimum Gasteiger partial charge on any atom is -0.464 e. The van der Waals surface area contributed by atoms with Gasteiger partial charge in [0.25, 0.3) is 0 Å². The van der Waals surface area contributed by atoms with Crippen LogP contribution in [0, 0.1) is 0 Å². The molecule has 0 bridgehead atoms. The summed E-state index contributed by atoms with van der Waals surface area (Å²) >= 11 is 6.12. The second kappa shape index (κ2) is 4.68. The molecule has 2 atom stereocenters. The molecule has 22 heavy (non-hydrogen) atoms. The molecule has 7 heteroatoms. The predicted molar refractivity (Wildman–Crippen MR) is 80.3 cm³/mol. The molecule has 0 amide bonds. The molecule has 0 radical (unpaired) electrons. The number of aromatic nitrogens is 3. The maximum absolute atomic E-state index is 9.61. The van der Waals surface area contributed by atoms with Crippen molar-refractivity contribution >= 4 is 22.6 Å². The third-order valence-corrected chi connectivity index (χ3v) is 4.49. The maximum Gasteiger partial charge on any atom is 0.205 e. The van der Waals surface area contributed by atoms with Crippen LogP contribution in [0.5, 0.6) is 0 Å². The number of aliphatic hydroxyl groups is 1. The zero-order chi connectivity index (χ0) is 15.5. The van der Waals surface area contributed by atoms with Crippen LogP contribution >= 0.6 is 11.6 Å². The van der Waals surface area contributed by atoms with E-state index >= 15 is 0 Å². The molecule has 3 heterocycles. The van der Waals surface area contributed by atoms with Crippen LogP contribution in [0.4, 0.5) is 0 Å². The van der Waals surface area contributed by atoms with E-state index in [2.05, 4.69) is 9.97 Å². The molecule has 2 aliphatic rings. The summed E-state index contributed by atoms with van der Waals surface area (Å²) in [4.78, 5) is 8.34. The number of fused-ring (bicyclic) bond motifs is 2. The van der Waals surface area contributed by atoms with Gasteiger partial charge in [0.2, 0.25) is 5.79 Å². The Hall–Kier alpha value is -1.63. The van der Waals surface area contributed by atoms with E-state index in [1.54, 1.807) is 0 Å². The SMILES string of the molecule is CC1(C)OC2=C(CO)CC(n3ccc4c(Cl)ncnc43)[C@@H]2O1. The molecule has 1 fully saturated rings. The van der Waals surface area contributed by atoms with Crippen molar-refractivity contribution in [2.24, 2.45) is 0 Å². The fourth-order valence-electron chi connectivity index (χ4n) is 3.29. The second-order valence-electron chi connectivity index (χ2n) is 6.06. The monoisotopic (exact) mass is 321 g/mol. The third kappa shape index (κ3) is 1.95. The van der Waals surface area contributed by atoms with Crippen LogP contribution in [0.15, 0.2) is 29.9 Å². The van der Waals surface area contributed by atoms with Crippen molar-refractivity contribution in [3.63, 3.8) is 0 Å². The van der Waals surface area contributed by atoms with E-state index in [0.717, 1.165) is 22.4 Å². The van der Waals surface area contributed by atoms with Crippen LogP contribution in [0.2, 0.25) is 5.15 Å². The molecular weight excluding hydrogens is 306 g/mol. The molecule has 1 N–H and O–H groups in total. The number of ether oxygens (including phenoxy) is 2. The Bertz CT molecular complexity index is 783. The van der Waals surface area contributed by atoms with Crippen molar-refractivity contribution in [3.05, 3.63) is 35.1 Å². The number of aliphatic hydroxyl groups excluding tert-OH is 1. The number of nitrogens with zero attached hydrogens (tertiary/aromatic N) is 3. The highest BCUT2D eigenvalue weighted by atomic mass is 35.5. The Balaban J connectivity index is 1.79. The Labute approximate surface area is 132 Å². The normalized spacial score (nSPS) is 26.5. The molecule has 1 unspecified atom stereocenters. The molecule has 1 aliphatic carbocycles. The van der Waals surface area contributed by atoms with E-state index in [-0.39, 0.29) is 18.8 Å². The van der Waals surface area contributed by atoms with Gasteiger partial charge in [-0.25, -0.2) is 9.97 Å². The average Bonchev–Trinajstić information content (AvgIpc) is 3.10. The topological polar surface area (TPSA) is 69.4 Å². The van der Waals surface area contributed by atoms with Gasteiger partial charge < -0.3 is 19.1 Å². The fourth-order valence-corrected chi connectivity index (χ4v) is 3.48. The number of halogens is 1. The Morgan fingerprint density at radius 1 is 1.45 bits per heavy atom. The quantitative estimate of drug-likeness (QED) is 0.860. The van der Waals surface area contributed by atoms with E-state index < -0.39 is 5.79 Å². The summed E-state index contributed by atoms with van der Waals surface area (Å²) in [6.45, 7) is 3.71. The van der Waals surface area contributed by atoms with Crippen molar-refractivity contribution in [1.82, 2.24) is 14.5 Å². The summed E-state index contributed by atoms with van der Waals surface area (Å²) in [5.41, 5.74) is 1.64. The van der Waals surface area contributed by atoms with Gasteiger partial charge >= 0.3 is 0 Å². The second-order valence-corrected chi connectivity index (χ2v) is 6.42. The number of rotatable bonds is 2. The Kier molecular flexibility index (Phi) is 2.98. The Morgan fingerprint density at radius 3 is 3.05 bits per heavy atom. The van der Waals surface area contributed by atoms with Crippen LogP contribution in [0.1, 0.15) is 26.3 Å². The molecule has 1 saturated heterocycles. The van der Waals surface area contributed by atoms with Crippen LogP contribution in [0.25, 0.3) is 11.0 Å². The molecule has 0 saturated carbocycles. The first kappa shape index (κ1) is 14.0. The molecule has 0 aromatic carbocycles. The lowest BCUT2D eigenvalue weighted by Gasteiger charge is -2.22. The van der Waals surface area contributed by atoms with Crippen molar-refractivity contribution < 1.29 is 14.6 Å². The summed E-state index contributed by atoms with van der Waals surface area (Å²) in [6.07, 6.45) is 3.83. The van der Waals surface area contributed by atoms with Crippen molar-refractivity contribution in [2.45, 2.75) is 38.2 Å². The molecule has 4 rings (SSSR count). The van der Waals surface area contributed by atoms with Crippen LogP contribution < -0.4 is 0 Å². The van der Waals surface area contributed by atoms with Crippen LogP contribution in [-0.4, -0.2) is 38.1 Å². The minimum absolute atomic E-state index is 0.0117. The molecular formula is C15H16ClN3O3. The van der Waals surface area contributed by atoms with Gasteiger partial charge in [-0.1, -0.05) is 11.6 Å². The van der Waals surface area contributed by atoms with Crippen LogP contribution in [0.3, 0.4) is 0 Å². The molecule has 116 valence electrons. The summed E-state index contributed by atoms with van der Waals surface area (Å²) < 4.78 is 13.9. The zero-order valence-corrected chi connectivity index (χ0v) is 13.0. The first-order chi connectivity index (χ1) is 10.5. The standard InChI is InChI=1S/C15H16ClN3O3/c1-15(2)21-11-8(6-20)5-10(12(11)22-15)19-4-3-9-13(16)17-7-18-14(9)19/h3-4,7,10,12,20H,5-6H2,1-2H3/t10?,12-/m0/s1. The number of hydrogen-bond acceptors (Lipinski definition) is 5. The highest BCUT2D eigenvalue weighted by Gasteiger charge is 2.48. The van der Waals surface area contributed by atoms with Crippen LogP contribution in [-0.2, 0) is 9.47 Å². The molecule has 0 spiro atoms. The summed E-state index contributed by atoms with van der Waals surface area (Å²) in [5, 5.41) is 10.8. The average molecular weight is 322 g/mol. The van der Waals surface area contributed by atoms with Gasteiger partial charge in [0, 0.05) is 20.0 Å². The summed E-state index contributed by atoms with van der Waals surface area (Å²) in [5.74, 6) is 0.0637. The molecule has 1 aliphatic heterocycles. The van der Waals surface area contributed by atoms with E-state index in [1.165, 1.54) is 6.33 Å². The molecule has 2 aromatic rings. The van der Waals surface area contributed by atoms with E-state index in [0.29, 0.717) is 11.6 Å². The zero-order valence-electron chi connectivity index (χ0n) is 12.3. The first-order valence-electron chi connectivity index (χ1n) is 7.17. The molecule has 2 aromatic heterocycles. The lowest BCUT2D eigenvalue weighted by Crippen LogP contribution is -2.26. The first-order valence-corrected chi connectivity index (χ1v) is 7.54. The largest absolute Gasteiger partial charge is 0.464 e. The van der Waals surface area contributed by atoms with E-state index in [1.807, 2.05) is 30.7 Å². The van der Waals surface area contributed by atoms with E-state index in [9.17, 15) is 5.11 Å². The number of hydrogen-bond donors (Lipinski definition) is 1. The van der Waals surface area contributed by atoms with Crippen molar-refractivity contribution in [2.75, 3.05) is 6.61 Å². The maximum atomic E-state index is 9.61. The highest BCUT2D eigenvalue weighted by Crippen LogP contribution is 2.47. The van der Waals surface area contributed by atoms with Gasteiger partial charge in [-0.15, -0.1) is 0 Å². The van der Waals surface area contributed by atoms with Gasteiger partial charge in [0.15, 0.2) is 0 Å². The lowest BCUT2D eigenvalue weighted by atomic mass is 10.1. The van der Waals surface area contributed by atoms with Gasteiger partial charge in [-0.05, 0) is 18.1 Å². The summed E-state index contributed by atoms with van der Waals surface area (Å²) in [7, 11) is 0. The minimum atomic E-state index is -0.686. The van der Waals surface area contributed by atoms with Crippen molar-refractivity contribution in [1.29, 1.82) is 0 Å². The summed E-state index contributed by atoms with van der Waals surface area (Å²) in [6, 6.07) is 1.89. The predicted octanol–water partition coefficient (Wildman–Crippen LogP) is 2.43.